The van der Waals surface area contributed by atoms with Gasteiger partial charge in [0.2, 0.25) is 0 Å². The van der Waals surface area contributed by atoms with Crippen LogP contribution < -0.4 is 10.9 Å². The molecule has 0 aliphatic carbocycles. The molecule has 0 aliphatic rings. The lowest BCUT2D eigenvalue weighted by Gasteiger charge is -2.08. The van der Waals surface area contributed by atoms with Crippen LogP contribution in [-0.4, -0.2) is 29.5 Å². The average molecular weight is 274 g/mol. The van der Waals surface area contributed by atoms with Crippen LogP contribution in [0.1, 0.15) is 26.2 Å². The lowest BCUT2D eigenvalue weighted by Crippen LogP contribution is -2.21. The molecular weight excluding hydrogens is 254 g/mol. The molecule has 1 rings (SSSR count). The Morgan fingerprint density at radius 2 is 2.17 bits per heavy atom. The first-order valence-electron chi connectivity index (χ1n) is 6.20. The van der Waals surface area contributed by atoms with E-state index in [0.29, 0.717) is 18.8 Å². The molecule has 0 amide bonds. The largest absolute Gasteiger partial charge is 0.382 e. The molecule has 0 fully saturated rings. The molecule has 0 radical (unpaired) electrons. The number of nitrogens with one attached hydrogen (secondary N) is 1. The van der Waals surface area contributed by atoms with E-state index in [-0.39, 0.29) is 10.6 Å². The molecule has 0 unspecified atom stereocenters. The van der Waals surface area contributed by atoms with Gasteiger partial charge >= 0.3 is 0 Å². The Bertz CT molecular complexity index is 420. The zero-order valence-electron chi connectivity index (χ0n) is 10.9. The van der Waals surface area contributed by atoms with Gasteiger partial charge in [-0.1, -0.05) is 24.9 Å². The molecule has 1 aromatic heterocycles. The molecule has 102 valence electrons. The Balaban J connectivity index is 2.28. The van der Waals surface area contributed by atoms with E-state index in [4.69, 9.17) is 16.3 Å². The normalized spacial score (nSPS) is 10.6. The van der Waals surface area contributed by atoms with Crippen molar-refractivity contribution in [3.63, 3.8) is 0 Å². The number of aryl methyl sites for hydroxylation is 1. The van der Waals surface area contributed by atoms with Crippen molar-refractivity contribution in [3.8, 4) is 0 Å². The second-order valence-corrected chi connectivity index (χ2v) is 4.43. The van der Waals surface area contributed by atoms with Gasteiger partial charge in [-0.15, -0.1) is 0 Å². The molecule has 1 heterocycles. The van der Waals surface area contributed by atoms with E-state index >= 15 is 0 Å². The first-order valence-corrected chi connectivity index (χ1v) is 6.58. The van der Waals surface area contributed by atoms with Crippen LogP contribution in [0.2, 0.25) is 5.02 Å². The predicted octanol–water partition coefficient (Wildman–Crippen LogP) is 2.05. The molecule has 18 heavy (non-hydrogen) atoms. The van der Waals surface area contributed by atoms with Crippen molar-refractivity contribution in [1.29, 1.82) is 0 Å². The van der Waals surface area contributed by atoms with Crippen molar-refractivity contribution in [1.82, 2.24) is 9.78 Å². The minimum atomic E-state index is -0.291. The highest BCUT2D eigenvalue weighted by atomic mass is 35.5. The molecule has 0 saturated carbocycles. The highest BCUT2D eigenvalue weighted by molar-refractivity contribution is 6.32. The third-order valence-corrected chi connectivity index (χ3v) is 2.87. The van der Waals surface area contributed by atoms with Gasteiger partial charge in [-0.05, 0) is 12.8 Å². The summed E-state index contributed by atoms with van der Waals surface area (Å²) < 4.78 is 6.64. The maximum atomic E-state index is 11.5. The van der Waals surface area contributed by atoms with Gasteiger partial charge in [0.15, 0.2) is 0 Å². The average Bonchev–Trinajstić information content (AvgIpc) is 2.37. The molecule has 0 spiro atoms. The molecule has 5 nitrogen and oxygen atoms in total. The molecule has 0 saturated heterocycles. The van der Waals surface area contributed by atoms with Crippen LogP contribution in [0.4, 0.5) is 5.69 Å². The summed E-state index contributed by atoms with van der Waals surface area (Å²) in [5.74, 6) is 0. The van der Waals surface area contributed by atoms with Gasteiger partial charge in [-0.25, -0.2) is 4.68 Å². The summed E-state index contributed by atoms with van der Waals surface area (Å²) in [6.45, 7) is 4.37. The maximum Gasteiger partial charge on any atom is 0.287 e. The second kappa shape index (κ2) is 8.11. The number of halogens is 1. The van der Waals surface area contributed by atoms with E-state index in [1.165, 1.54) is 4.68 Å². The van der Waals surface area contributed by atoms with Gasteiger partial charge in [0.1, 0.15) is 5.02 Å². The number of anilines is 1. The van der Waals surface area contributed by atoms with Crippen LogP contribution in [-0.2, 0) is 11.8 Å². The number of nitrogens with zero attached hydrogens (tertiary/aromatic N) is 2. The fourth-order valence-electron chi connectivity index (χ4n) is 1.38. The van der Waals surface area contributed by atoms with Crippen LogP contribution in [0.3, 0.4) is 0 Å². The van der Waals surface area contributed by atoms with Gasteiger partial charge in [0.05, 0.1) is 11.9 Å². The molecule has 0 aliphatic heterocycles. The van der Waals surface area contributed by atoms with Crippen LogP contribution in [0.5, 0.6) is 0 Å². The predicted molar refractivity (Wildman–Crippen MR) is 73.3 cm³/mol. The van der Waals surface area contributed by atoms with E-state index < -0.39 is 0 Å². The molecule has 0 atom stereocenters. The molecule has 0 bridgehead atoms. The standard InChI is InChI=1S/C12H20ClN3O2/c1-3-4-7-18-8-5-6-14-10-9-15-16(2)12(17)11(10)13/h9,14H,3-8H2,1-2H3. The fraction of sp³-hybridized carbons (Fsp3) is 0.667. The third kappa shape index (κ3) is 4.66. The van der Waals surface area contributed by atoms with Gasteiger partial charge in [-0.3, -0.25) is 4.79 Å². The van der Waals surface area contributed by atoms with Crippen molar-refractivity contribution in [2.45, 2.75) is 26.2 Å². The lowest BCUT2D eigenvalue weighted by atomic mass is 10.3. The summed E-state index contributed by atoms with van der Waals surface area (Å²) in [4.78, 5) is 11.5. The first kappa shape index (κ1) is 15.0. The van der Waals surface area contributed by atoms with Crippen molar-refractivity contribution >= 4 is 17.3 Å². The number of unbranched alkanes of at least 4 members (excludes halogenated alkanes) is 1. The monoisotopic (exact) mass is 273 g/mol. The lowest BCUT2D eigenvalue weighted by molar-refractivity contribution is 0.131. The Morgan fingerprint density at radius 3 is 2.89 bits per heavy atom. The summed E-state index contributed by atoms with van der Waals surface area (Å²) in [7, 11) is 1.57. The number of ether oxygens (including phenoxy) is 1. The van der Waals surface area contributed by atoms with E-state index in [9.17, 15) is 4.79 Å². The number of hydrogen-bond donors (Lipinski definition) is 1. The first-order chi connectivity index (χ1) is 8.66. The maximum absolute atomic E-state index is 11.5. The van der Waals surface area contributed by atoms with Crippen LogP contribution in [0, 0.1) is 0 Å². The van der Waals surface area contributed by atoms with Crippen molar-refractivity contribution in [2.24, 2.45) is 7.05 Å². The topological polar surface area (TPSA) is 56.1 Å². The minimum absolute atomic E-state index is 0.180. The van der Waals surface area contributed by atoms with Gasteiger partial charge in [-0.2, -0.15) is 5.10 Å². The van der Waals surface area contributed by atoms with Crippen LogP contribution in [0.25, 0.3) is 0 Å². The third-order valence-electron chi connectivity index (χ3n) is 2.50. The highest BCUT2D eigenvalue weighted by Gasteiger charge is 2.05. The van der Waals surface area contributed by atoms with Crippen molar-refractivity contribution < 1.29 is 4.74 Å². The van der Waals surface area contributed by atoms with E-state index in [1.807, 2.05) is 0 Å². The zero-order chi connectivity index (χ0) is 13.4. The van der Waals surface area contributed by atoms with Crippen LogP contribution in [0.15, 0.2) is 11.0 Å². The Morgan fingerprint density at radius 1 is 1.44 bits per heavy atom. The summed E-state index contributed by atoms with van der Waals surface area (Å²) in [5, 5.41) is 7.17. The van der Waals surface area contributed by atoms with Crippen LogP contribution >= 0.6 is 11.6 Å². The molecular formula is C12H20ClN3O2. The molecule has 6 heteroatoms. The Kier molecular flexibility index (Phi) is 6.75. The number of aromatic nitrogens is 2. The number of hydrogen-bond acceptors (Lipinski definition) is 4. The SMILES string of the molecule is CCCCOCCCNc1cnn(C)c(=O)c1Cl. The van der Waals surface area contributed by atoms with Crippen molar-refractivity contribution in [3.05, 3.63) is 21.6 Å². The molecule has 1 aromatic rings. The summed E-state index contributed by atoms with van der Waals surface area (Å²) in [5.41, 5.74) is 0.286. The molecule has 1 N–H and O–H groups in total. The Labute approximate surface area is 112 Å². The minimum Gasteiger partial charge on any atom is -0.382 e. The Hall–Kier alpha value is -1.07. The molecule has 0 aromatic carbocycles. The highest BCUT2D eigenvalue weighted by Crippen LogP contribution is 2.14. The summed E-state index contributed by atoms with van der Waals surface area (Å²) in [6.07, 6.45) is 4.67. The number of rotatable bonds is 8. The van der Waals surface area contributed by atoms with Gasteiger partial charge in [0, 0.05) is 26.8 Å². The van der Waals surface area contributed by atoms with E-state index in [1.54, 1.807) is 13.2 Å². The van der Waals surface area contributed by atoms with Crippen molar-refractivity contribution in [2.75, 3.05) is 25.1 Å². The van der Waals surface area contributed by atoms with E-state index in [2.05, 4.69) is 17.3 Å². The quantitative estimate of drug-likeness (QED) is 0.737. The summed E-state index contributed by atoms with van der Waals surface area (Å²) >= 11 is 5.91. The smallest absolute Gasteiger partial charge is 0.287 e. The summed E-state index contributed by atoms with van der Waals surface area (Å²) in [6, 6.07) is 0. The van der Waals surface area contributed by atoms with E-state index in [0.717, 1.165) is 25.9 Å². The van der Waals surface area contributed by atoms with Gasteiger partial charge in [0.25, 0.3) is 5.56 Å². The second-order valence-electron chi connectivity index (χ2n) is 4.05. The fourth-order valence-corrected chi connectivity index (χ4v) is 1.62. The zero-order valence-corrected chi connectivity index (χ0v) is 11.7. The van der Waals surface area contributed by atoms with Gasteiger partial charge < -0.3 is 10.1 Å².